The fraction of sp³-hybridized carbons (Fsp3) is 0.467. The van der Waals surface area contributed by atoms with Crippen LogP contribution in [0.3, 0.4) is 0 Å². The van der Waals surface area contributed by atoms with Crippen molar-refractivity contribution in [3.8, 4) is 0 Å². The number of nitrogens with zero attached hydrogens (tertiary/aromatic N) is 1. The molecule has 0 radical (unpaired) electrons. The Hall–Kier alpha value is -2.04. The molecule has 1 atom stereocenters. The van der Waals surface area contributed by atoms with Crippen LogP contribution < -0.4 is 5.32 Å². The van der Waals surface area contributed by atoms with Gasteiger partial charge in [0.2, 0.25) is 5.91 Å². The summed E-state index contributed by atoms with van der Waals surface area (Å²) in [6.45, 7) is 4.54. The molecule has 1 aromatic carbocycles. The number of cyclic esters (lactones) is 1. The Morgan fingerprint density at radius 3 is 2.80 bits per heavy atom. The minimum Gasteiger partial charge on any atom is -0.444 e. The fourth-order valence-corrected chi connectivity index (χ4v) is 2.26. The van der Waals surface area contributed by atoms with E-state index in [0.717, 1.165) is 11.3 Å². The summed E-state index contributed by atoms with van der Waals surface area (Å²) in [5.41, 5.74) is 3.05. The zero-order chi connectivity index (χ0) is 14.7. The van der Waals surface area contributed by atoms with Crippen molar-refractivity contribution >= 4 is 17.7 Å². The van der Waals surface area contributed by atoms with E-state index in [1.165, 1.54) is 10.5 Å². The normalized spacial score (nSPS) is 18.1. The number of hydrogen-bond donors (Lipinski definition) is 1. The van der Waals surface area contributed by atoms with Gasteiger partial charge in [0, 0.05) is 19.2 Å². The second-order valence-corrected chi connectivity index (χ2v) is 5.29. The zero-order valence-electron chi connectivity index (χ0n) is 12.1. The summed E-state index contributed by atoms with van der Waals surface area (Å²) in [6.07, 6.45) is 0.397. The second-order valence-electron chi connectivity index (χ2n) is 5.29. The van der Waals surface area contributed by atoms with Crippen LogP contribution in [0.25, 0.3) is 0 Å². The molecule has 0 spiro atoms. The molecule has 5 nitrogen and oxygen atoms in total. The van der Waals surface area contributed by atoms with Crippen LogP contribution >= 0.6 is 0 Å². The Morgan fingerprint density at radius 2 is 2.20 bits per heavy atom. The maximum absolute atomic E-state index is 11.9. The molecule has 1 heterocycles. The molecular weight excluding hydrogens is 256 g/mol. The van der Waals surface area contributed by atoms with Gasteiger partial charge in [0.25, 0.3) is 0 Å². The first-order chi connectivity index (χ1) is 9.45. The highest BCUT2D eigenvalue weighted by Crippen LogP contribution is 2.18. The molecular formula is C15H20N2O3. The SMILES string of the molecule is Cc1ccc(NC(=O)CCC2CN(C)C(=O)O2)c(C)c1. The van der Waals surface area contributed by atoms with E-state index in [4.69, 9.17) is 4.74 Å². The molecule has 1 N–H and O–H groups in total. The van der Waals surface area contributed by atoms with Gasteiger partial charge in [0.05, 0.1) is 6.54 Å². The van der Waals surface area contributed by atoms with Gasteiger partial charge >= 0.3 is 6.09 Å². The number of rotatable bonds is 4. The highest BCUT2D eigenvalue weighted by Gasteiger charge is 2.28. The second kappa shape index (κ2) is 5.94. The highest BCUT2D eigenvalue weighted by atomic mass is 16.6. The van der Waals surface area contributed by atoms with Crippen molar-refractivity contribution in [3.63, 3.8) is 0 Å². The smallest absolute Gasteiger partial charge is 0.409 e. The summed E-state index contributed by atoms with van der Waals surface area (Å²) in [4.78, 5) is 24.6. The number of nitrogens with one attached hydrogen (secondary N) is 1. The molecule has 1 saturated heterocycles. The molecule has 108 valence electrons. The molecule has 2 rings (SSSR count). The average molecular weight is 276 g/mol. The first-order valence-electron chi connectivity index (χ1n) is 6.74. The number of carbonyl (C=O) groups is 2. The summed E-state index contributed by atoms with van der Waals surface area (Å²) < 4.78 is 5.12. The quantitative estimate of drug-likeness (QED) is 0.919. The topological polar surface area (TPSA) is 58.6 Å². The van der Waals surface area contributed by atoms with Gasteiger partial charge in [-0.2, -0.15) is 0 Å². The highest BCUT2D eigenvalue weighted by molar-refractivity contribution is 5.91. The van der Waals surface area contributed by atoms with E-state index in [0.29, 0.717) is 19.4 Å². The van der Waals surface area contributed by atoms with Crippen LogP contribution in [0.2, 0.25) is 0 Å². The molecule has 1 unspecified atom stereocenters. The molecule has 0 aliphatic carbocycles. The lowest BCUT2D eigenvalue weighted by molar-refractivity contribution is -0.116. The number of carbonyl (C=O) groups excluding carboxylic acids is 2. The van der Waals surface area contributed by atoms with Gasteiger partial charge < -0.3 is 15.0 Å². The molecule has 2 amide bonds. The largest absolute Gasteiger partial charge is 0.444 e. The molecule has 0 bridgehead atoms. The van der Waals surface area contributed by atoms with Crippen LogP contribution in [0.4, 0.5) is 10.5 Å². The van der Waals surface area contributed by atoms with E-state index in [2.05, 4.69) is 5.32 Å². The molecule has 1 aliphatic rings. The van der Waals surface area contributed by atoms with Crippen molar-refractivity contribution in [3.05, 3.63) is 29.3 Å². The monoisotopic (exact) mass is 276 g/mol. The van der Waals surface area contributed by atoms with Crippen molar-refractivity contribution in [1.29, 1.82) is 0 Å². The third-order valence-corrected chi connectivity index (χ3v) is 3.41. The van der Waals surface area contributed by atoms with Gasteiger partial charge in [-0.15, -0.1) is 0 Å². The van der Waals surface area contributed by atoms with Crippen LogP contribution in [-0.2, 0) is 9.53 Å². The Labute approximate surface area is 118 Å². The van der Waals surface area contributed by atoms with Crippen LogP contribution in [0.1, 0.15) is 24.0 Å². The maximum atomic E-state index is 11.9. The number of likely N-dealkylation sites (N-methyl/N-ethyl adjacent to an activating group) is 1. The average Bonchev–Trinajstić information content (AvgIpc) is 2.70. The van der Waals surface area contributed by atoms with Crippen molar-refractivity contribution < 1.29 is 14.3 Å². The molecule has 20 heavy (non-hydrogen) atoms. The maximum Gasteiger partial charge on any atom is 0.409 e. The minimum atomic E-state index is -0.315. The number of ether oxygens (including phenoxy) is 1. The van der Waals surface area contributed by atoms with E-state index in [1.807, 2.05) is 32.0 Å². The number of benzene rings is 1. The Bertz CT molecular complexity index is 528. The summed E-state index contributed by atoms with van der Waals surface area (Å²) in [6, 6.07) is 5.91. The van der Waals surface area contributed by atoms with E-state index in [9.17, 15) is 9.59 Å². The molecule has 1 aromatic rings. The molecule has 1 fully saturated rings. The number of anilines is 1. The minimum absolute atomic E-state index is 0.0532. The number of hydrogen-bond acceptors (Lipinski definition) is 3. The lowest BCUT2D eigenvalue weighted by Gasteiger charge is -2.10. The van der Waals surface area contributed by atoms with E-state index < -0.39 is 0 Å². The van der Waals surface area contributed by atoms with Crippen LogP contribution in [0.15, 0.2) is 18.2 Å². The van der Waals surface area contributed by atoms with Crippen LogP contribution in [-0.4, -0.2) is 36.6 Å². The summed E-state index contributed by atoms with van der Waals surface area (Å²) >= 11 is 0. The first-order valence-corrected chi connectivity index (χ1v) is 6.74. The standard InChI is InChI=1S/C15H20N2O3/c1-10-4-6-13(11(2)8-10)16-14(18)7-5-12-9-17(3)15(19)20-12/h4,6,8,12H,5,7,9H2,1-3H3,(H,16,18). The van der Waals surface area contributed by atoms with Crippen molar-refractivity contribution in [2.45, 2.75) is 32.8 Å². The zero-order valence-corrected chi connectivity index (χ0v) is 12.1. The lowest BCUT2D eigenvalue weighted by atomic mass is 10.1. The lowest BCUT2D eigenvalue weighted by Crippen LogP contribution is -2.20. The first kappa shape index (κ1) is 14.4. The van der Waals surface area contributed by atoms with Crippen LogP contribution in [0, 0.1) is 13.8 Å². The predicted octanol–water partition coefficient (Wildman–Crippen LogP) is 2.47. The Balaban J connectivity index is 1.82. The van der Waals surface area contributed by atoms with E-state index in [-0.39, 0.29) is 18.1 Å². The van der Waals surface area contributed by atoms with Gasteiger partial charge in [-0.3, -0.25) is 4.79 Å². The van der Waals surface area contributed by atoms with Gasteiger partial charge in [-0.05, 0) is 31.9 Å². The van der Waals surface area contributed by atoms with Crippen molar-refractivity contribution in [2.24, 2.45) is 0 Å². The van der Waals surface area contributed by atoms with Crippen molar-refractivity contribution in [1.82, 2.24) is 4.90 Å². The van der Waals surface area contributed by atoms with E-state index >= 15 is 0 Å². The van der Waals surface area contributed by atoms with E-state index in [1.54, 1.807) is 7.05 Å². The van der Waals surface area contributed by atoms with Gasteiger partial charge in [0.1, 0.15) is 6.10 Å². The Kier molecular flexibility index (Phi) is 4.27. The van der Waals surface area contributed by atoms with Gasteiger partial charge in [0.15, 0.2) is 0 Å². The third-order valence-electron chi connectivity index (χ3n) is 3.41. The molecule has 0 saturated carbocycles. The fourth-order valence-electron chi connectivity index (χ4n) is 2.26. The molecule has 5 heteroatoms. The Morgan fingerprint density at radius 1 is 1.45 bits per heavy atom. The third kappa shape index (κ3) is 3.50. The predicted molar refractivity (Wildman–Crippen MR) is 76.7 cm³/mol. The number of amides is 2. The molecule has 1 aliphatic heterocycles. The van der Waals surface area contributed by atoms with Crippen molar-refractivity contribution in [2.75, 3.05) is 18.9 Å². The van der Waals surface area contributed by atoms with Gasteiger partial charge in [-0.25, -0.2) is 4.79 Å². The summed E-state index contributed by atoms with van der Waals surface area (Å²) in [7, 11) is 1.69. The molecule has 0 aromatic heterocycles. The van der Waals surface area contributed by atoms with Gasteiger partial charge in [-0.1, -0.05) is 17.7 Å². The summed E-state index contributed by atoms with van der Waals surface area (Å²) in [5.74, 6) is -0.0532. The number of aryl methyl sites for hydroxylation is 2. The summed E-state index contributed by atoms with van der Waals surface area (Å²) in [5, 5.41) is 2.89. The van der Waals surface area contributed by atoms with Crippen LogP contribution in [0.5, 0.6) is 0 Å².